The van der Waals surface area contributed by atoms with Gasteiger partial charge >= 0.3 is 162 Å². The summed E-state index contributed by atoms with van der Waals surface area (Å²) < 4.78 is 6.06. The van der Waals surface area contributed by atoms with E-state index >= 15 is 0 Å². The number of allylic oxidation sites excluding steroid dienone is 4. The minimum atomic E-state index is -1.56. The molecule has 0 aromatic heterocycles. The summed E-state index contributed by atoms with van der Waals surface area (Å²) in [5.41, 5.74) is 7.46. The average Bonchev–Trinajstić information content (AvgIpc) is 3.09. The van der Waals surface area contributed by atoms with Crippen molar-refractivity contribution in [3.8, 4) is 11.1 Å². The van der Waals surface area contributed by atoms with Crippen LogP contribution in [0.3, 0.4) is 0 Å². The van der Waals surface area contributed by atoms with Crippen molar-refractivity contribution in [2.45, 2.75) is 99.1 Å². The van der Waals surface area contributed by atoms with E-state index in [4.69, 9.17) is 0 Å². The Balaban J connectivity index is 0.000000313. The van der Waals surface area contributed by atoms with Crippen molar-refractivity contribution in [3.05, 3.63) is 80.7 Å². The second-order valence-corrected chi connectivity index (χ2v) is 29.2. The molecule has 1 atom stereocenters. The molecule has 1 nitrogen and oxygen atoms in total. The van der Waals surface area contributed by atoms with E-state index in [0.717, 1.165) is 5.92 Å². The minimum absolute atomic E-state index is 0.547. The van der Waals surface area contributed by atoms with Crippen molar-refractivity contribution in [1.29, 1.82) is 0 Å². The molecule has 0 aliphatic heterocycles. The van der Waals surface area contributed by atoms with Crippen LogP contribution in [0.1, 0.15) is 86.0 Å². The number of nitrogens with one attached hydrogen (secondary N) is 1. The van der Waals surface area contributed by atoms with E-state index < -0.39 is 27.1 Å². The predicted octanol–water partition coefficient (Wildman–Crippen LogP) is 9.85. The van der Waals surface area contributed by atoms with Crippen LogP contribution < -0.4 is 3.26 Å². The van der Waals surface area contributed by atoms with Crippen molar-refractivity contribution in [1.82, 2.24) is 3.26 Å². The molecule has 2 aromatic rings. The van der Waals surface area contributed by atoms with E-state index in [2.05, 4.69) is 99.5 Å². The normalized spacial score (nSPS) is 15.4. The van der Waals surface area contributed by atoms with Crippen LogP contribution in [-0.4, -0.2) is 12.5 Å². The summed E-state index contributed by atoms with van der Waals surface area (Å²) in [7, 11) is 0. The zero-order chi connectivity index (χ0) is 26.3. The fourth-order valence-electron chi connectivity index (χ4n) is 5.15. The van der Waals surface area contributed by atoms with Gasteiger partial charge in [-0.05, 0) is 11.1 Å². The molecule has 0 spiro atoms. The topological polar surface area (TPSA) is 12.0 Å². The first kappa shape index (κ1) is 31.2. The van der Waals surface area contributed by atoms with Gasteiger partial charge < -0.3 is 0 Å². The number of hydrogen-bond acceptors (Lipinski definition) is 1. The van der Waals surface area contributed by atoms with Gasteiger partial charge in [0.15, 0.2) is 0 Å². The molecule has 0 saturated carbocycles. The molecule has 3 heteroatoms. The van der Waals surface area contributed by atoms with Gasteiger partial charge in [0.2, 0.25) is 0 Å². The first-order valence-electron chi connectivity index (χ1n) is 14.5. The van der Waals surface area contributed by atoms with Gasteiger partial charge in [0.05, 0.1) is 0 Å². The molecule has 36 heavy (non-hydrogen) atoms. The van der Waals surface area contributed by atoms with E-state index in [1.807, 2.05) is 15.4 Å². The average molecular weight is 582 g/mol. The first-order chi connectivity index (χ1) is 17.4. The third kappa shape index (κ3) is 10.0. The summed E-state index contributed by atoms with van der Waals surface area (Å²) in [4.78, 5) is 0. The molecule has 0 heterocycles. The largest absolute Gasteiger partial charge is 0.0622 e. The standard InChI is InChI=1S/C12H10.C10H22N.C9H13.C2H7Si.Zr/c1-3-7-11(8-4-1)12-9-5-2-6-10-12;1-2-3-4-5-6-7-8-9-10-11;1-6-5-7(2)9(4)8(6)3;1-3-2;/h1-10H;11H,2-10H2,1H3;6H,1-4H3;3H,1-2H3;/q;-1;;;+1. The van der Waals surface area contributed by atoms with Crippen molar-refractivity contribution < 1.29 is 21.2 Å². The summed E-state index contributed by atoms with van der Waals surface area (Å²) in [6, 6.07) is 20.8. The summed E-state index contributed by atoms with van der Waals surface area (Å²) in [6.07, 6.45) is 11.4. The maximum absolute atomic E-state index is 4.15. The Hall–Kier alpha value is -1.02. The molecule has 197 valence electrons. The summed E-state index contributed by atoms with van der Waals surface area (Å²) in [5.74, 6) is 0.189. The molecule has 1 N–H and O–H groups in total. The van der Waals surface area contributed by atoms with Gasteiger partial charge in [0.1, 0.15) is 0 Å². The molecule has 1 aliphatic carbocycles. The molecular weight excluding hydrogens is 530 g/mol. The molecule has 2 aromatic carbocycles. The molecule has 0 radical (unpaired) electrons. The minimum Gasteiger partial charge on any atom is -0.0622 e. The van der Waals surface area contributed by atoms with Crippen molar-refractivity contribution >= 4 is 5.92 Å². The Morgan fingerprint density at radius 3 is 1.58 bits per heavy atom. The molecule has 3 rings (SSSR count). The number of rotatable bonds is 13. The Bertz CT molecular complexity index is 895. The maximum Gasteiger partial charge on any atom is -0.0184 e. The Morgan fingerprint density at radius 2 is 1.17 bits per heavy atom. The van der Waals surface area contributed by atoms with Gasteiger partial charge in [0, 0.05) is 0 Å². The quantitative estimate of drug-likeness (QED) is 0.183. The monoisotopic (exact) mass is 580 g/mol. The molecule has 1 unspecified atom stereocenters. The first-order valence-corrected chi connectivity index (χ1v) is 24.1. The van der Waals surface area contributed by atoms with Crippen LogP contribution >= 0.6 is 0 Å². The summed E-state index contributed by atoms with van der Waals surface area (Å²) in [5, 5.41) is 0. The zero-order valence-corrected chi connectivity index (χ0v) is 27.9. The van der Waals surface area contributed by atoms with E-state index in [0.29, 0.717) is 0 Å². The molecular formula is C33H52NSiZr. The maximum atomic E-state index is 4.15. The Kier molecular flexibility index (Phi) is 15.2. The number of hydrogen-bond donors (Lipinski definition) is 1. The van der Waals surface area contributed by atoms with Gasteiger partial charge in [0.25, 0.3) is 0 Å². The van der Waals surface area contributed by atoms with Crippen LogP contribution in [0.25, 0.3) is 11.1 Å². The van der Waals surface area contributed by atoms with Crippen molar-refractivity contribution in [3.63, 3.8) is 0 Å². The van der Waals surface area contributed by atoms with Gasteiger partial charge in [-0.1, -0.05) is 60.7 Å². The second-order valence-electron chi connectivity index (χ2n) is 10.8. The number of benzene rings is 2. The third-order valence-corrected chi connectivity index (χ3v) is 25.4. The molecule has 1 aliphatic rings. The fourth-order valence-corrected chi connectivity index (χ4v) is 22.1. The van der Waals surface area contributed by atoms with Crippen LogP contribution in [0.5, 0.6) is 0 Å². The van der Waals surface area contributed by atoms with Crippen LogP contribution in [0.2, 0.25) is 13.1 Å². The van der Waals surface area contributed by atoms with Gasteiger partial charge in [-0.15, -0.1) is 0 Å². The Labute approximate surface area is 232 Å². The Morgan fingerprint density at radius 1 is 0.694 bits per heavy atom. The SMILES string of the molecule is CCCCCCCCCC[NH][Zr]([C]1=C(C)C(C)=C(C)C1C)[SiH](C)C.c1ccc(-c2ccccc2)cc1. The van der Waals surface area contributed by atoms with Crippen molar-refractivity contribution in [2.24, 2.45) is 5.92 Å². The second kappa shape index (κ2) is 17.5. The predicted molar refractivity (Wildman–Crippen MR) is 162 cm³/mol. The van der Waals surface area contributed by atoms with E-state index in [-0.39, 0.29) is 0 Å². The van der Waals surface area contributed by atoms with Crippen LogP contribution in [0.4, 0.5) is 0 Å². The van der Waals surface area contributed by atoms with Crippen LogP contribution in [0, 0.1) is 5.92 Å². The van der Waals surface area contributed by atoms with Gasteiger partial charge in [-0.2, -0.15) is 0 Å². The van der Waals surface area contributed by atoms with E-state index in [1.165, 1.54) is 69.0 Å². The van der Waals surface area contributed by atoms with Gasteiger partial charge in [-0.25, -0.2) is 0 Å². The third-order valence-electron chi connectivity index (χ3n) is 7.73. The van der Waals surface area contributed by atoms with E-state index in [9.17, 15) is 0 Å². The smallest absolute Gasteiger partial charge is 0.0184 e. The van der Waals surface area contributed by atoms with Crippen molar-refractivity contribution in [2.75, 3.05) is 6.54 Å². The fraction of sp³-hybridized carbons (Fsp3) is 0.515. The molecule has 0 amide bonds. The summed E-state index contributed by atoms with van der Waals surface area (Å²) in [6.45, 7) is 18.3. The van der Waals surface area contributed by atoms with Gasteiger partial charge in [-0.3, -0.25) is 0 Å². The number of unbranched alkanes of at least 4 members (excludes halogenated alkanes) is 7. The zero-order valence-electron chi connectivity index (χ0n) is 24.3. The molecule has 0 saturated heterocycles. The van der Waals surface area contributed by atoms with Crippen LogP contribution in [-0.2, 0) is 21.2 Å². The summed E-state index contributed by atoms with van der Waals surface area (Å²) >= 11 is -1.56. The molecule has 0 fully saturated rings. The molecule has 0 bridgehead atoms. The van der Waals surface area contributed by atoms with E-state index in [1.54, 1.807) is 16.7 Å². The van der Waals surface area contributed by atoms with Crippen LogP contribution in [0.15, 0.2) is 80.7 Å².